The summed E-state index contributed by atoms with van der Waals surface area (Å²) < 4.78 is 13.0. The lowest BCUT2D eigenvalue weighted by molar-refractivity contribution is 0.0313. The first kappa shape index (κ1) is 18.7. The van der Waals surface area contributed by atoms with E-state index >= 15 is 0 Å². The van der Waals surface area contributed by atoms with Crippen LogP contribution in [0.25, 0.3) is 22.5 Å². The molecule has 148 valence electrons. The molecule has 2 aromatic heterocycles. The highest BCUT2D eigenvalue weighted by atomic mass is 16.5. The lowest BCUT2D eigenvalue weighted by Gasteiger charge is -2.31. The lowest BCUT2D eigenvalue weighted by Crippen LogP contribution is -2.39. The highest BCUT2D eigenvalue weighted by molar-refractivity contribution is 5.78. The average molecular weight is 381 g/mol. The first-order chi connectivity index (χ1) is 13.8. The van der Waals surface area contributed by atoms with Crippen LogP contribution in [0.3, 0.4) is 0 Å². The number of ether oxygens (including phenoxy) is 2. The van der Waals surface area contributed by atoms with Gasteiger partial charge in [0.25, 0.3) is 0 Å². The number of rotatable bonds is 7. The van der Waals surface area contributed by atoms with E-state index in [1.54, 1.807) is 7.11 Å². The van der Waals surface area contributed by atoms with Gasteiger partial charge in [0.1, 0.15) is 5.75 Å². The Bertz CT molecular complexity index is 880. The summed E-state index contributed by atoms with van der Waals surface area (Å²) >= 11 is 0. The van der Waals surface area contributed by atoms with Crippen molar-refractivity contribution in [3.05, 3.63) is 43.0 Å². The third kappa shape index (κ3) is 3.81. The van der Waals surface area contributed by atoms with Crippen molar-refractivity contribution >= 4 is 0 Å². The zero-order valence-corrected chi connectivity index (χ0v) is 16.5. The van der Waals surface area contributed by atoms with E-state index in [2.05, 4.69) is 31.6 Å². The molecule has 1 aromatic carbocycles. The molecule has 0 amide bonds. The Hall–Kier alpha value is -2.64. The molecule has 3 heterocycles. The van der Waals surface area contributed by atoms with Gasteiger partial charge in [-0.15, -0.1) is 0 Å². The molecule has 0 unspecified atom stereocenters. The van der Waals surface area contributed by atoms with Crippen molar-refractivity contribution in [1.82, 2.24) is 24.6 Å². The van der Waals surface area contributed by atoms with E-state index < -0.39 is 0 Å². The Morgan fingerprint density at radius 2 is 1.96 bits per heavy atom. The number of aromatic nitrogens is 4. The van der Waals surface area contributed by atoms with Gasteiger partial charge in [-0.25, -0.2) is 4.98 Å². The van der Waals surface area contributed by atoms with Crippen LogP contribution >= 0.6 is 0 Å². The normalized spacial score (nSPS) is 16.2. The van der Waals surface area contributed by atoms with Crippen molar-refractivity contribution in [2.75, 3.05) is 40.0 Å². The molecular weight excluding hydrogens is 354 g/mol. The zero-order valence-electron chi connectivity index (χ0n) is 16.5. The predicted octanol–water partition coefficient (Wildman–Crippen LogP) is 3.23. The quantitative estimate of drug-likeness (QED) is 0.681. The van der Waals surface area contributed by atoms with Crippen LogP contribution in [-0.2, 0) is 4.74 Å². The highest BCUT2D eigenvalue weighted by Crippen LogP contribution is 2.33. The van der Waals surface area contributed by atoms with Crippen molar-refractivity contribution < 1.29 is 9.47 Å². The van der Waals surface area contributed by atoms with Crippen LogP contribution in [-0.4, -0.2) is 64.6 Å². The second kappa shape index (κ2) is 8.58. The highest BCUT2D eigenvalue weighted by Gasteiger charge is 2.21. The van der Waals surface area contributed by atoms with Gasteiger partial charge in [-0.1, -0.05) is 6.92 Å². The van der Waals surface area contributed by atoms with Crippen molar-refractivity contribution in [2.45, 2.75) is 19.4 Å². The maximum absolute atomic E-state index is 5.49. The lowest BCUT2D eigenvalue weighted by atomic mass is 10.1. The Kier molecular flexibility index (Phi) is 5.73. The fraction of sp³-hybridized carbons (Fsp3) is 0.429. The molecule has 7 heteroatoms. The molecule has 0 radical (unpaired) electrons. The van der Waals surface area contributed by atoms with Gasteiger partial charge in [0.15, 0.2) is 0 Å². The van der Waals surface area contributed by atoms with E-state index in [0.29, 0.717) is 6.04 Å². The average Bonchev–Trinajstić information content (AvgIpc) is 3.42. The molecule has 28 heavy (non-hydrogen) atoms. The van der Waals surface area contributed by atoms with E-state index in [1.807, 2.05) is 43.0 Å². The minimum atomic E-state index is 0.356. The monoisotopic (exact) mass is 381 g/mol. The Morgan fingerprint density at radius 3 is 2.68 bits per heavy atom. The van der Waals surface area contributed by atoms with Crippen LogP contribution in [0.1, 0.15) is 19.4 Å². The van der Waals surface area contributed by atoms with Gasteiger partial charge in [-0.2, -0.15) is 5.10 Å². The molecule has 1 atom stereocenters. The number of H-pyrrole nitrogens is 1. The van der Waals surface area contributed by atoms with Crippen LogP contribution < -0.4 is 4.74 Å². The fourth-order valence-electron chi connectivity index (χ4n) is 3.76. The van der Waals surface area contributed by atoms with E-state index in [1.165, 1.54) is 0 Å². The second-order valence-corrected chi connectivity index (χ2v) is 7.05. The Balaban J connectivity index is 1.62. The maximum atomic E-state index is 5.49. The Labute approximate surface area is 165 Å². The number of benzene rings is 1. The Morgan fingerprint density at radius 1 is 1.18 bits per heavy atom. The van der Waals surface area contributed by atoms with Crippen LogP contribution in [0.4, 0.5) is 0 Å². The van der Waals surface area contributed by atoms with Crippen molar-refractivity contribution in [3.8, 4) is 28.3 Å². The summed E-state index contributed by atoms with van der Waals surface area (Å²) in [6, 6.07) is 8.37. The van der Waals surface area contributed by atoms with Gasteiger partial charge >= 0.3 is 0 Å². The molecule has 4 rings (SSSR count). The van der Waals surface area contributed by atoms with Gasteiger partial charge in [0, 0.05) is 36.8 Å². The number of hydrogen-bond acceptors (Lipinski definition) is 5. The van der Waals surface area contributed by atoms with Gasteiger partial charge in [-0.3, -0.25) is 10.00 Å². The summed E-state index contributed by atoms with van der Waals surface area (Å²) in [7, 11) is 1.68. The molecule has 1 saturated heterocycles. The van der Waals surface area contributed by atoms with Crippen LogP contribution in [0.15, 0.2) is 43.0 Å². The standard InChI is InChI=1S/C21H27N5O2/c1-3-17(14-25-8-10-28-11-9-25)26-15-22-13-20(26)19-12-23-24-21(19)16-4-6-18(27-2)7-5-16/h4-7,12-13,15,17H,3,8-11,14H2,1-2H3,(H,23,24)/t17-/m1/s1. The summed E-state index contributed by atoms with van der Waals surface area (Å²) in [5.41, 5.74) is 4.20. The van der Waals surface area contributed by atoms with Crippen LogP contribution in [0, 0.1) is 0 Å². The molecule has 7 nitrogen and oxygen atoms in total. The maximum Gasteiger partial charge on any atom is 0.118 e. The summed E-state index contributed by atoms with van der Waals surface area (Å²) in [5, 5.41) is 7.47. The molecular formula is C21H27N5O2. The number of imidazole rings is 1. The van der Waals surface area contributed by atoms with Crippen molar-refractivity contribution in [3.63, 3.8) is 0 Å². The van der Waals surface area contributed by atoms with E-state index in [4.69, 9.17) is 9.47 Å². The number of morpholine rings is 1. The summed E-state index contributed by atoms with van der Waals surface area (Å²) in [6.07, 6.45) is 6.79. The first-order valence-corrected chi connectivity index (χ1v) is 9.80. The minimum Gasteiger partial charge on any atom is -0.497 e. The van der Waals surface area contributed by atoms with Gasteiger partial charge in [-0.05, 0) is 30.7 Å². The smallest absolute Gasteiger partial charge is 0.118 e. The third-order valence-electron chi connectivity index (χ3n) is 5.40. The van der Waals surface area contributed by atoms with Crippen molar-refractivity contribution in [1.29, 1.82) is 0 Å². The predicted molar refractivity (Wildman–Crippen MR) is 108 cm³/mol. The van der Waals surface area contributed by atoms with Gasteiger partial charge in [0.05, 0.1) is 50.4 Å². The molecule has 1 N–H and O–H groups in total. The number of hydrogen-bond donors (Lipinski definition) is 1. The molecule has 0 bridgehead atoms. The molecule has 1 aliphatic rings. The van der Waals surface area contributed by atoms with Crippen LogP contribution in [0.2, 0.25) is 0 Å². The number of methoxy groups -OCH3 is 1. The number of nitrogens with one attached hydrogen (secondary N) is 1. The van der Waals surface area contributed by atoms with Gasteiger partial charge < -0.3 is 14.0 Å². The third-order valence-corrected chi connectivity index (χ3v) is 5.40. The second-order valence-electron chi connectivity index (χ2n) is 7.05. The minimum absolute atomic E-state index is 0.356. The molecule has 0 saturated carbocycles. The number of aromatic amines is 1. The van der Waals surface area contributed by atoms with E-state index in [-0.39, 0.29) is 0 Å². The summed E-state index contributed by atoms with van der Waals surface area (Å²) in [5.74, 6) is 0.839. The van der Waals surface area contributed by atoms with Crippen molar-refractivity contribution in [2.24, 2.45) is 0 Å². The number of nitrogens with zero attached hydrogens (tertiary/aromatic N) is 4. The molecule has 3 aromatic rings. The SMILES string of the molecule is CC[C@H](CN1CCOCC1)n1cncc1-c1cn[nH]c1-c1ccc(OC)cc1. The molecule has 1 fully saturated rings. The zero-order chi connectivity index (χ0) is 19.3. The fourth-order valence-corrected chi connectivity index (χ4v) is 3.76. The molecule has 1 aliphatic heterocycles. The summed E-state index contributed by atoms with van der Waals surface area (Å²) in [6.45, 7) is 6.84. The summed E-state index contributed by atoms with van der Waals surface area (Å²) in [4.78, 5) is 6.93. The van der Waals surface area contributed by atoms with E-state index in [0.717, 1.165) is 67.5 Å². The molecule has 0 aliphatic carbocycles. The van der Waals surface area contributed by atoms with Crippen LogP contribution in [0.5, 0.6) is 5.75 Å². The van der Waals surface area contributed by atoms with E-state index in [9.17, 15) is 0 Å². The first-order valence-electron chi connectivity index (χ1n) is 9.80. The topological polar surface area (TPSA) is 68.2 Å². The largest absolute Gasteiger partial charge is 0.497 e. The molecule has 0 spiro atoms. The van der Waals surface area contributed by atoms with Gasteiger partial charge in [0.2, 0.25) is 0 Å².